The molecule has 2 fully saturated rings. The minimum Gasteiger partial charge on any atom is -0.384 e. The highest BCUT2D eigenvalue weighted by atomic mass is 35.5. The quantitative estimate of drug-likeness (QED) is 0.488. The van der Waals surface area contributed by atoms with Gasteiger partial charge in [-0.3, -0.25) is 4.90 Å². The van der Waals surface area contributed by atoms with Gasteiger partial charge in [-0.2, -0.15) is 13.2 Å². The first kappa shape index (κ1) is 25.3. The first-order chi connectivity index (χ1) is 17.2. The third-order valence-electron chi connectivity index (χ3n) is 6.39. The van der Waals surface area contributed by atoms with Crippen LogP contribution in [0.15, 0.2) is 18.3 Å². The van der Waals surface area contributed by atoms with Crippen LogP contribution in [0.4, 0.5) is 24.8 Å². The van der Waals surface area contributed by atoms with Gasteiger partial charge >= 0.3 is 6.18 Å². The summed E-state index contributed by atoms with van der Waals surface area (Å²) in [5, 5.41) is 4.80. The molecule has 2 saturated heterocycles. The number of pyridine rings is 1. The van der Waals surface area contributed by atoms with Crippen molar-refractivity contribution in [2.45, 2.75) is 12.7 Å². The van der Waals surface area contributed by atoms with E-state index in [-0.39, 0.29) is 17.2 Å². The molecule has 5 rings (SSSR count). The average molecular weight is 543 g/mol. The number of halogens is 4. The van der Waals surface area contributed by atoms with E-state index < -0.39 is 11.7 Å². The second-order valence-corrected chi connectivity index (χ2v) is 9.90. The Hall–Kier alpha value is -2.32. The summed E-state index contributed by atoms with van der Waals surface area (Å²) in [4.78, 5) is 12.8. The summed E-state index contributed by atoms with van der Waals surface area (Å²) in [5.74, 6) is 0.151. The summed E-state index contributed by atoms with van der Waals surface area (Å²) < 4.78 is 50.9. The van der Waals surface area contributed by atoms with Crippen LogP contribution in [0.5, 0.6) is 0 Å². The van der Waals surface area contributed by atoms with Crippen molar-refractivity contribution in [1.82, 2.24) is 28.8 Å². The average Bonchev–Trinajstić information content (AvgIpc) is 3.19. The van der Waals surface area contributed by atoms with Gasteiger partial charge in [-0.15, -0.1) is 5.10 Å². The van der Waals surface area contributed by atoms with Crippen LogP contribution >= 0.6 is 23.5 Å². The number of nitrogen functional groups attached to an aromatic ring is 1. The number of hydrogen-bond acceptors (Lipinski definition) is 9. The maximum absolute atomic E-state index is 13.9. The zero-order valence-electron chi connectivity index (χ0n) is 19.6. The smallest absolute Gasteiger partial charge is 0.384 e. The van der Waals surface area contributed by atoms with Crippen molar-refractivity contribution >= 4 is 40.7 Å². The van der Waals surface area contributed by atoms with Crippen molar-refractivity contribution in [3.8, 4) is 11.4 Å². The van der Waals surface area contributed by atoms with Gasteiger partial charge in [0, 0.05) is 57.6 Å². The molecule has 0 unspecified atom stereocenters. The number of ether oxygens (including phenoxy) is 1. The van der Waals surface area contributed by atoms with Gasteiger partial charge in [0.1, 0.15) is 16.5 Å². The standard InChI is InChI=1S/C22H26ClF3N8OS/c1-36-33-4-2-31(3-5-33)13-14-10-17-21(32-6-8-35-9-7-32)29-20(30-34(17)19(14)23)15-12-28-18(27)11-16(15)22(24,25)26/h10-12H,2-9,13H2,1H3,(H2,27,28). The molecule has 194 valence electrons. The van der Waals surface area contributed by atoms with E-state index in [0.717, 1.165) is 44.0 Å². The molecule has 14 heteroatoms. The number of nitrogens with zero attached hydrogens (tertiary/aromatic N) is 7. The summed E-state index contributed by atoms with van der Waals surface area (Å²) in [6.45, 7) is 6.36. The number of hydrogen-bond donors (Lipinski definition) is 1. The molecule has 0 aliphatic carbocycles. The van der Waals surface area contributed by atoms with E-state index in [1.54, 1.807) is 11.9 Å². The highest BCUT2D eigenvalue weighted by molar-refractivity contribution is 7.96. The summed E-state index contributed by atoms with van der Waals surface area (Å²) in [5.41, 5.74) is 5.85. The third-order valence-corrected chi connectivity index (χ3v) is 7.68. The predicted molar refractivity (Wildman–Crippen MR) is 134 cm³/mol. The van der Waals surface area contributed by atoms with Gasteiger partial charge in [0.25, 0.3) is 0 Å². The van der Waals surface area contributed by atoms with Gasteiger partial charge in [0.05, 0.1) is 24.3 Å². The first-order valence-electron chi connectivity index (χ1n) is 11.5. The molecule has 2 aliphatic rings. The number of alkyl halides is 3. The Morgan fingerprint density at radius 2 is 1.83 bits per heavy atom. The van der Waals surface area contributed by atoms with Crippen LogP contribution in [0, 0.1) is 0 Å². The van der Waals surface area contributed by atoms with E-state index >= 15 is 0 Å². The van der Waals surface area contributed by atoms with Gasteiger partial charge in [0.15, 0.2) is 11.6 Å². The lowest BCUT2D eigenvalue weighted by Gasteiger charge is -2.33. The van der Waals surface area contributed by atoms with E-state index in [2.05, 4.69) is 30.5 Å². The Morgan fingerprint density at radius 1 is 1.11 bits per heavy atom. The van der Waals surface area contributed by atoms with E-state index in [4.69, 9.17) is 22.1 Å². The third kappa shape index (κ3) is 5.07. The zero-order chi connectivity index (χ0) is 25.4. The summed E-state index contributed by atoms with van der Waals surface area (Å²) in [7, 11) is 0. The fourth-order valence-corrected chi connectivity index (χ4v) is 5.26. The maximum atomic E-state index is 13.9. The summed E-state index contributed by atoms with van der Waals surface area (Å²) in [6, 6.07) is 2.73. The number of piperazine rings is 1. The van der Waals surface area contributed by atoms with Gasteiger partial charge in [-0.1, -0.05) is 23.5 Å². The zero-order valence-corrected chi connectivity index (χ0v) is 21.2. The van der Waals surface area contributed by atoms with Crippen molar-refractivity contribution in [3.63, 3.8) is 0 Å². The molecule has 0 aromatic carbocycles. The van der Waals surface area contributed by atoms with Gasteiger partial charge < -0.3 is 15.4 Å². The molecule has 0 atom stereocenters. The topological polar surface area (TPSA) is 88.0 Å². The molecule has 0 amide bonds. The molecule has 0 saturated carbocycles. The Bertz CT molecular complexity index is 1240. The second-order valence-electron chi connectivity index (χ2n) is 8.66. The second kappa shape index (κ2) is 10.2. The Labute approximate surface area is 215 Å². The lowest BCUT2D eigenvalue weighted by atomic mass is 10.1. The van der Waals surface area contributed by atoms with E-state index in [1.165, 1.54) is 4.52 Å². The van der Waals surface area contributed by atoms with Crippen LogP contribution in [-0.4, -0.2) is 87.5 Å². The van der Waals surface area contributed by atoms with Crippen molar-refractivity contribution in [1.29, 1.82) is 0 Å². The molecular formula is C22H26ClF3N8OS. The summed E-state index contributed by atoms with van der Waals surface area (Å²) >= 11 is 8.52. The fraction of sp³-hybridized carbons (Fsp3) is 0.500. The Morgan fingerprint density at radius 3 is 2.50 bits per heavy atom. The van der Waals surface area contributed by atoms with Crippen LogP contribution < -0.4 is 10.6 Å². The minimum atomic E-state index is -4.66. The first-order valence-corrected chi connectivity index (χ1v) is 13.1. The number of nitrogens with two attached hydrogens (primary N) is 1. The molecule has 2 N–H and O–H groups in total. The molecule has 2 aliphatic heterocycles. The normalized spacial score (nSPS) is 18.3. The molecular weight excluding hydrogens is 517 g/mol. The fourth-order valence-electron chi connectivity index (χ4n) is 4.49. The largest absolute Gasteiger partial charge is 0.417 e. The van der Waals surface area contributed by atoms with Crippen molar-refractivity contribution in [3.05, 3.63) is 34.6 Å². The monoisotopic (exact) mass is 542 g/mol. The lowest BCUT2D eigenvalue weighted by molar-refractivity contribution is -0.137. The number of anilines is 2. The molecule has 3 aromatic rings. The molecule has 3 aromatic heterocycles. The lowest BCUT2D eigenvalue weighted by Crippen LogP contribution is -2.42. The predicted octanol–water partition coefficient (Wildman–Crippen LogP) is 3.28. The van der Waals surface area contributed by atoms with Crippen molar-refractivity contribution < 1.29 is 17.9 Å². The minimum absolute atomic E-state index is 0.124. The number of fused-ring (bicyclic) bond motifs is 1. The van der Waals surface area contributed by atoms with Crippen molar-refractivity contribution in [2.75, 3.05) is 69.4 Å². The SMILES string of the molecule is CSN1CCN(Cc2cc3c(N4CCOCC4)nc(-c4cnc(N)cc4C(F)(F)F)nn3c2Cl)CC1. The molecule has 9 nitrogen and oxygen atoms in total. The van der Waals surface area contributed by atoms with Gasteiger partial charge in [-0.05, 0) is 18.4 Å². The molecule has 5 heterocycles. The van der Waals surface area contributed by atoms with Crippen LogP contribution in [0.3, 0.4) is 0 Å². The van der Waals surface area contributed by atoms with Crippen LogP contribution in [0.2, 0.25) is 5.15 Å². The Balaban J connectivity index is 1.60. The van der Waals surface area contributed by atoms with Crippen LogP contribution in [-0.2, 0) is 17.5 Å². The summed E-state index contributed by atoms with van der Waals surface area (Å²) in [6.07, 6.45) is -1.53. The number of rotatable bonds is 5. The highest BCUT2D eigenvalue weighted by Crippen LogP contribution is 2.38. The van der Waals surface area contributed by atoms with Crippen molar-refractivity contribution in [2.24, 2.45) is 0 Å². The van der Waals surface area contributed by atoms with Gasteiger partial charge in [-0.25, -0.2) is 18.8 Å². The molecule has 0 radical (unpaired) electrons. The van der Waals surface area contributed by atoms with E-state index in [1.807, 2.05) is 11.0 Å². The van der Waals surface area contributed by atoms with Gasteiger partial charge in [0.2, 0.25) is 0 Å². The Kier molecular flexibility index (Phi) is 7.18. The highest BCUT2D eigenvalue weighted by Gasteiger charge is 2.36. The van der Waals surface area contributed by atoms with Crippen LogP contribution in [0.25, 0.3) is 16.9 Å². The number of aromatic nitrogens is 4. The van der Waals surface area contributed by atoms with E-state index in [9.17, 15) is 13.2 Å². The number of morpholine rings is 1. The molecule has 36 heavy (non-hydrogen) atoms. The molecule has 0 spiro atoms. The van der Waals surface area contributed by atoms with Crippen LogP contribution in [0.1, 0.15) is 11.1 Å². The molecule has 0 bridgehead atoms. The maximum Gasteiger partial charge on any atom is 0.417 e. The van der Waals surface area contributed by atoms with E-state index in [0.29, 0.717) is 49.3 Å².